The molecule has 3 rings (SSSR count). The second-order valence-electron chi connectivity index (χ2n) is 5.98. The highest BCUT2D eigenvalue weighted by molar-refractivity contribution is 9.10. The molecule has 0 saturated carbocycles. The van der Waals surface area contributed by atoms with Crippen LogP contribution in [0.15, 0.2) is 51.6 Å². The largest absolute Gasteiger partial charge is 0.461 e. The van der Waals surface area contributed by atoms with E-state index in [1.807, 2.05) is 24.3 Å². The van der Waals surface area contributed by atoms with Gasteiger partial charge in [-0.15, -0.1) is 5.10 Å². The number of aromatic nitrogens is 3. The quantitative estimate of drug-likeness (QED) is 0.515. The third-order valence-electron chi connectivity index (χ3n) is 3.94. The van der Waals surface area contributed by atoms with E-state index in [9.17, 15) is 4.79 Å². The van der Waals surface area contributed by atoms with Crippen molar-refractivity contribution in [3.8, 4) is 11.6 Å². The van der Waals surface area contributed by atoms with Crippen LogP contribution < -0.4 is 5.32 Å². The number of anilines is 1. The number of halogens is 1. The molecule has 7 heteroatoms. The Kier molecular flexibility index (Phi) is 6.22. The van der Waals surface area contributed by atoms with Crippen molar-refractivity contribution in [3.05, 3.63) is 52.7 Å². The van der Waals surface area contributed by atoms with Crippen LogP contribution in [0.3, 0.4) is 0 Å². The van der Waals surface area contributed by atoms with Gasteiger partial charge in [0.25, 0.3) is 0 Å². The lowest BCUT2D eigenvalue weighted by Gasteiger charge is -2.07. The van der Waals surface area contributed by atoms with E-state index in [0.29, 0.717) is 30.5 Å². The van der Waals surface area contributed by atoms with E-state index < -0.39 is 0 Å². The summed E-state index contributed by atoms with van der Waals surface area (Å²) in [6.45, 7) is 2.66. The van der Waals surface area contributed by atoms with Crippen LogP contribution in [-0.4, -0.2) is 20.7 Å². The van der Waals surface area contributed by atoms with Gasteiger partial charge in [0.15, 0.2) is 5.76 Å². The van der Waals surface area contributed by atoms with Gasteiger partial charge in [0.1, 0.15) is 0 Å². The smallest absolute Gasteiger partial charge is 0.250 e. The fourth-order valence-electron chi connectivity index (χ4n) is 2.53. The van der Waals surface area contributed by atoms with Crippen molar-refractivity contribution in [3.63, 3.8) is 0 Å². The summed E-state index contributed by atoms with van der Waals surface area (Å²) < 4.78 is 7.74. The first-order valence-electron chi connectivity index (χ1n) is 8.70. The Hall–Kier alpha value is -2.41. The molecule has 0 atom stereocenters. The van der Waals surface area contributed by atoms with Crippen molar-refractivity contribution in [2.75, 3.05) is 5.32 Å². The maximum absolute atomic E-state index is 12.6. The molecule has 0 spiro atoms. The Balaban J connectivity index is 1.79. The van der Waals surface area contributed by atoms with E-state index in [2.05, 4.69) is 38.3 Å². The second-order valence-corrected chi connectivity index (χ2v) is 6.89. The molecule has 0 aliphatic rings. The molecule has 0 aliphatic heterocycles. The zero-order valence-corrected chi connectivity index (χ0v) is 16.2. The average molecular weight is 417 g/mol. The van der Waals surface area contributed by atoms with E-state index in [0.717, 1.165) is 29.3 Å². The lowest BCUT2D eigenvalue weighted by molar-refractivity contribution is 0.0886. The number of hydrogen-bond donors (Lipinski definition) is 1. The molecule has 1 aromatic carbocycles. The van der Waals surface area contributed by atoms with Crippen LogP contribution in [0.25, 0.3) is 11.6 Å². The van der Waals surface area contributed by atoms with Crippen LogP contribution in [0, 0.1) is 0 Å². The molecule has 3 aromatic rings. The molecule has 0 unspecified atom stereocenters. The van der Waals surface area contributed by atoms with Crippen LogP contribution >= 0.6 is 15.9 Å². The van der Waals surface area contributed by atoms with Gasteiger partial charge in [-0.1, -0.05) is 47.8 Å². The first-order chi connectivity index (χ1) is 12.7. The van der Waals surface area contributed by atoms with Crippen molar-refractivity contribution in [2.24, 2.45) is 0 Å². The number of benzene rings is 1. The molecule has 26 heavy (non-hydrogen) atoms. The lowest BCUT2D eigenvalue weighted by Crippen LogP contribution is -2.16. The van der Waals surface area contributed by atoms with E-state index in [4.69, 9.17) is 4.42 Å². The Morgan fingerprint density at radius 3 is 2.73 bits per heavy atom. The number of hydrogen-bond acceptors (Lipinski definition) is 5. The lowest BCUT2D eigenvalue weighted by atomic mass is 10.2. The van der Waals surface area contributed by atoms with Gasteiger partial charge in [-0.25, -0.2) is 0 Å². The highest BCUT2D eigenvalue weighted by Crippen LogP contribution is 2.20. The molecule has 0 aliphatic carbocycles. The van der Waals surface area contributed by atoms with Gasteiger partial charge in [0.2, 0.25) is 17.7 Å². The summed E-state index contributed by atoms with van der Waals surface area (Å²) in [5.41, 5.74) is 1.08. The number of carbonyl (C=O) groups is 1. The SMILES string of the molecule is CCCCCC(=O)n1nc(-c2ccco2)nc1NCc1ccc(Br)cc1. The molecule has 2 heterocycles. The zero-order chi connectivity index (χ0) is 18.4. The molecule has 1 N–H and O–H groups in total. The van der Waals surface area contributed by atoms with Gasteiger partial charge >= 0.3 is 0 Å². The fraction of sp³-hybridized carbons (Fsp3) is 0.316. The zero-order valence-electron chi connectivity index (χ0n) is 14.6. The summed E-state index contributed by atoms with van der Waals surface area (Å²) in [6.07, 6.45) is 4.94. The van der Waals surface area contributed by atoms with Crippen LogP contribution in [0.4, 0.5) is 5.95 Å². The first-order valence-corrected chi connectivity index (χ1v) is 9.49. The van der Waals surface area contributed by atoms with Crippen molar-refractivity contribution in [1.29, 1.82) is 0 Å². The minimum atomic E-state index is -0.0675. The minimum Gasteiger partial charge on any atom is -0.461 e. The predicted molar refractivity (Wildman–Crippen MR) is 104 cm³/mol. The number of carbonyl (C=O) groups excluding carboxylic acids is 1. The molecule has 0 saturated heterocycles. The Bertz CT molecular complexity index is 841. The topological polar surface area (TPSA) is 73.0 Å². The standard InChI is InChI=1S/C19H21BrN4O2/c1-2-3-4-7-17(25)24-19(21-13-14-8-10-15(20)11-9-14)22-18(23-24)16-6-5-12-26-16/h5-6,8-12H,2-4,7,13H2,1H3,(H,21,22,23). The Labute approximate surface area is 160 Å². The third-order valence-corrected chi connectivity index (χ3v) is 4.47. The van der Waals surface area contributed by atoms with Gasteiger partial charge in [-0.05, 0) is 36.2 Å². The first kappa shape index (κ1) is 18.4. The fourth-order valence-corrected chi connectivity index (χ4v) is 2.79. The van der Waals surface area contributed by atoms with Crippen molar-refractivity contribution in [2.45, 2.75) is 39.2 Å². The molecule has 136 valence electrons. The van der Waals surface area contributed by atoms with E-state index >= 15 is 0 Å². The summed E-state index contributed by atoms with van der Waals surface area (Å²) >= 11 is 3.43. The van der Waals surface area contributed by atoms with Crippen LogP contribution in [0.5, 0.6) is 0 Å². The molecular formula is C19H21BrN4O2. The maximum Gasteiger partial charge on any atom is 0.250 e. The number of furan rings is 1. The van der Waals surface area contributed by atoms with Crippen molar-refractivity contribution >= 4 is 27.8 Å². The Morgan fingerprint density at radius 1 is 1.23 bits per heavy atom. The van der Waals surface area contributed by atoms with Gasteiger partial charge in [0.05, 0.1) is 6.26 Å². The van der Waals surface area contributed by atoms with Gasteiger partial charge in [0, 0.05) is 17.4 Å². The van der Waals surface area contributed by atoms with Crippen LogP contribution in [0.2, 0.25) is 0 Å². The van der Waals surface area contributed by atoms with Crippen LogP contribution in [-0.2, 0) is 6.54 Å². The number of nitrogens with one attached hydrogen (secondary N) is 1. The summed E-state index contributed by atoms with van der Waals surface area (Å²) in [7, 11) is 0. The number of rotatable bonds is 8. The molecule has 0 amide bonds. The normalized spacial score (nSPS) is 10.8. The van der Waals surface area contributed by atoms with Gasteiger partial charge < -0.3 is 9.73 Å². The van der Waals surface area contributed by atoms with Crippen molar-refractivity contribution in [1.82, 2.24) is 14.8 Å². The maximum atomic E-state index is 12.6. The average Bonchev–Trinajstić information content (AvgIpc) is 3.31. The summed E-state index contributed by atoms with van der Waals surface area (Å²) in [5.74, 6) is 1.30. The molecule has 2 aromatic heterocycles. The summed E-state index contributed by atoms with van der Waals surface area (Å²) in [5, 5.41) is 7.56. The number of nitrogens with zero attached hydrogens (tertiary/aromatic N) is 3. The molecular weight excluding hydrogens is 396 g/mol. The highest BCUT2D eigenvalue weighted by Gasteiger charge is 2.18. The molecule has 0 bridgehead atoms. The monoisotopic (exact) mass is 416 g/mol. The molecule has 0 fully saturated rings. The summed E-state index contributed by atoms with van der Waals surface area (Å²) in [6, 6.07) is 11.5. The van der Waals surface area contributed by atoms with E-state index in [-0.39, 0.29) is 5.91 Å². The van der Waals surface area contributed by atoms with E-state index in [1.54, 1.807) is 18.4 Å². The summed E-state index contributed by atoms with van der Waals surface area (Å²) in [4.78, 5) is 17.0. The van der Waals surface area contributed by atoms with Gasteiger partial charge in [-0.2, -0.15) is 9.67 Å². The molecule has 0 radical (unpaired) electrons. The molecule has 6 nitrogen and oxygen atoms in total. The Morgan fingerprint density at radius 2 is 2.04 bits per heavy atom. The van der Waals surface area contributed by atoms with Gasteiger partial charge in [-0.3, -0.25) is 4.79 Å². The van der Waals surface area contributed by atoms with Crippen molar-refractivity contribution < 1.29 is 9.21 Å². The minimum absolute atomic E-state index is 0.0675. The number of unbranched alkanes of at least 4 members (excludes halogenated alkanes) is 2. The van der Waals surface area contributed by atoms with E-state index in [1.165, 1.54) is 4.68 Å². The second kappa shape index (κ2) is 8.80. The highest BCUT2D eigenvalue weighted by atomic mass is 79.9. The third kappa shape index (κ3) is 4.60. The predicted octanol–water partition coefficient (Wildman–Crippen LogP) is 5.13. The van der Waals surface area contributed by atoms with Crippen LogP contribution in [0.1, 0.15) is 43.0 Å².